The van der Waals surface area contributed by atoms with E-state index in [4.69, 9.17) is 16.3 Å². The average Bonchev–Trinajstić information content (AvgIpc) is 3.14. The van der Waals surface area contributed by atoms with E-state index in [2.05, 4.69) is 15.3 Å². The second-order valence-electron chi connectivity index (χ2n) is 5.04. The number of hydrogen-bond acceptors (Lipinski definition) is 5. The standard InChI is InChI=1S/C13H18ClN3O2/c1-9-16-11(14)10(7-18)12(17-9)15-8-13(3-4-13)5-6-19-2/h7H,3-6,8H2,1-2H3,(H,15,16,17). The van der Waals surface area contributed by atoms with Gasteiger partial charge in [-0.05, 0) is 31.6 Å². The van der Waals surface area contributed by atoms with Crippen LogP contribution in [0.5, 0.6) is 0 Å². The summed E-state index contributed by atoms with van der Waals surface area (Å²) in [5, 5.41) is 3.44. The molecule has 0 spiro atoms. The molecule has 0 amide bonds. The molecule has 0 radical (unpaired) electrons. The van der Waals surface area contributed by atoms with Crippen LogP contribution in [0.1, 0.15) is 35.4 Å². The predicted molar refractivity (Wildman–Crippen MR) is 73.8 cm³/mol. The number of aldehydes is 1. The molecule has 0 aliphatic heterocycles. The number of nitrogens with one attached hydrogen (secondary N) is 1. The van der Waals surface area contributed by atoms with Crippen molar-refractivity contribution in [2.45, 2.75) is 26.2 Å². The first-order valence-electron chi connectivity index (χ1n) is 6.32. The van der Waals surface area contributed by atoms with Crippen LogP contribution in [0.3, 0.4) is 0 Å². The van der Waals surface area contributed by atoms with Gasteiger partial charge in [0.15, 0.2) is 6.29 Å². The first-order valence-corrected chi connectivity index (χ1v) is 6.70. The van der Waals surface area contributed by atoms with Crippen molar-refractivity contribution in [1.82, 2.24) is 9.97 Å². The van der Waals surface area contributed by atoms with Crippen LogP contribution >= 0.6 is 11.6 Å². The molecule has 1 fully saturated rings. The van der Waals surface area contributed by atoms with Gasteiger partial charge in [0.05, 0.1) is 5.56 Å². The molecule has 0 aromatic carbocycles. The van der Waals surface area contributed by atoms with Gasteiger partial charge in [0.2, 0.25) is 0 Å². The third-order valence-corrected chi connectivity index (χ3v) is 3.84. The normalized spacial score (nSPS) is 16.2. The third kappa shape index (κ3) is 3.42. The number of anilines is 1. The Kier molecular flexibility index (Phi) is 4.37. The highest BCUT2D eigenvalue weighted by molar-refractivity contribution is 6.32. The van der Waals surface area contributed by atoms with Crippen LogP contribution in [0.2, 0.25) is 5.15 Å². The Bertz CT molecular complexity index is 475. The monoisotopic (exact) mass is 283 g/mol. The summed E-state index contributed by atoms with van der Waals surface area (Å²) in [6, 6.07) is 0. The highest BCUT2D eigenvalue weighted by Gasteiger charge is 2.41. The molecular weight excluding hydrogens is 266 g/mol. The van der Waals surface area contributed by atoms with E-state index in [1.807, 2.05) is 0 Å². The zero-order valence-corrected chi connectivity index (χ0v) is 12.0. The quantitative estimate of drug-likeness (QED) is 0.615. The van der Waals surface area contributed by atoms with E-state index in [9.17, 15) is 4.79 Å². The smallest absolute Gasteiger partial charge is 0.156 e. The van der Waals surface area contributed by atoms with Gasteiger partial charge < -0.3 is 10.1 Å². The van der Waals surface area contributed by atoms with Crippen LogP contribution in [-0.2, 0) is 4.74 Å². The number of aromatic nitrogens is 2. The van der Waals surface area contributed by atoms with Crippen molar-refractivity contribution in [3.63, 3.8) is 0 Å². The summed E-state index contributed by atoms with van der Waals surface area (Å²) < 4.78 is 5.12. The molecule has 1 saturated carbocycles. The minimum Gasteiger partial charge on any atom is -0.385 e. The molecule has 104 valence electrons. The molecule has 0 unspecified atom stereocenters. The molecule has 19 heavy (non-hydrogen) atoms. The van der Waals surface area contributed by atoms with Gasteiger partial charge in [0.1, 0.15) is 16.8 Å². The summed E-state index contributed by atoms with van der Waals surface area (Å²) in [6.45, 7) is 3.29. The van der Waals surface area contributed by atoms with Crippen molar-refractivity contribution in [3.05, 3.63) is 16.5 Å². The van der Waals surface area contributed by atoms with Gasteiger partial charge in [-0.15, -0.1) is 0 Å². The van der Waals surface area contributed by atoms with Gasteiger partial charge in [-0.1, -0.05) is 11.6 Å². The highest BCUT2D eigenvalue weighted by atomic mass is 35.5. The molecule has 1 aromatic rings. The van der Waals surface area contributed by atoms with Gasteiger partial charge in [-0.2, -0.15) is 0 Å². The van der Waals surface area contributed by atoms with E-state index in [1.54, 1.807) is 14.0 Å². The van der Waals surface area contributed by atoms with E-state index in [1.165, 1.54) is 12.8 Å². The Morgan fingerprint density at radius 3 is 2.79 bits per heavy atom. The number of halogens is 1. The average molecular weight is 284 g/mol. The van der Waals surface area contributed by atoms with E-state index in [0.29, 0.717) is 23.5 Å². The molecule has 2 rings (SSSR count). The molecule has 6 heteroatoms. The second-order valence-corrected chi connectivity index (χ2v) is 5.40. The lowest BCUT2D eigenvalue weighted by Crippen LogP contribution is -2.19. The number of ether oxygens (including phenoxy) is 1. The third-order valence-electron chi connectivity index (χ3n) is 3.55. The summed E-state index contributed by atoms with van der Waals surface area (Å²) in [7, 11) is 1.71. The molecular formula is C13H18ClN3O2. The number of carbonyl (C=O) groups is 1. The molecule has 0 saturated heterocycles. The van der Waals surface area contributed by atoms with E-state index in [0.717, 1.165) is 19.6 Å². The maximum absolute atomic E-state index is 11.0. The molecule has 1 heterocycles. The number of carbonyl (C=O) groups excluding carboxylic acids is 1. The van der Waals surface area contributed by atoms with Crippen LogP contribution in [0, 0.1) is 12.3 Å². The zero-order chi connectivity index (χ0) is 13.9. The van der Waals surface area contributed by atoms with Crippen molar-refractivity contribution in [2.24, 2.45) is 5.41 Å². The molecule has 1 N–H and O–H groups in total. The number of nitrogens with zero attached hydrogens (tertiary/aromatic N) is 2. The fraction of sp³-hybridized carbons (Fsp3) is 0.615. The van der Waals surface area contributed by atoms with E-state index in [-0.39, 0.29) is 10.6 Å². The number of hydrogen-bond donors (Lipinski definition) is 1. The summed E-state index contributed by atoms with van der Waals surface area (Å²) in [5.74, 6) is 1.08. The minimum atomic E-state index is 0.201. The van der Waals surface area contributed by atoms with Crippen molar-refractivity contribution in [1.29, 1.82) is 0 Å². The van der Waals surface area contributed by atoms with Crippen LogP contribution < -0.4 is 5.32 Å². The van der Waals surface area contributed by atoms with Gasteiger partial charge in [-0.3, -0.25) is 4.79 Å². The van der Waals surface area contributed by atoms with Gasteiger partial charge in [0, 0.05) is 20.3 Å². The topological polar surface area (TPSA) is 64.1 Å². The Labute approximate surface area is 117 Å². The lowest BCUT2D eigenvalue weighted by molar-refractivity contribution is 0.112. The van der Waals surface area contributed by atoms with Gasteiger partial charge >= 0.3 is 0 Å². The van der Waals surface area contributed by atoms with Crippen molar-refractivity contribution >= 4 is 23.7 Å². The van der Waals surface area contributed by atoms with Crippen LogP contribution in [0.25, 0.3) is 0 Å². The largest absolute Gasteiger partial charge is 0.385 e. The maximum atomic E-state index is 11.0. The Hall–Kier alpha value is -1.20. The number of rotatable bonds is 7. The van der Waals surface area contributed by atoms with Gasteiger partial charge in [0.25, 0.3) is 0 Å². The maximum Gasteiger partial charge on any atom is 0.156 e. The lowest BCUT2D eigenvalue weighted by Gasteiger charge is -2.17. The lowest BCUT2D eigenvalue weighted by atomic mass is 10.0. The number of methoxy groups -OCH3 is 1. The summed E-state index contributed by atoms with van der Waals surface area (Å²) >= 11 is 5.94. The SMILES string of the molecule is COCCC1(CNc2nc(C)nc(Cl)c2C=O)CC1. The van der Waals surface area contributed by atoms with Crippen molar-refractivity contribution < 1.29 is 9.53 Å². The van der Waals surface area contributed by atoms with E-state index >= 15 is 0 Å². The molecule has 5 nitrogen and oxygen atoms in total. The summed E-state index contributed by atoms with van der Waals surface area (Å²) in [5.41, 5.74) is 0.608. The van der Waals surface area contributed by atoms with Crippen LogP contribution in [0.4, 0.5) is 5.82 Å². The summed E-state index contributed by atoms with van der Waals surface area (Å²) in [4.78, 5) is 19.3. The minimum absolute atomic E-state index is 0.201. The predicted octanol–water partition coefficient (Wildman–Crippen LogP) is 2.48. The van der Waals surface area contributed by atoms with Crippen LogP contribution in [0.15, 0.2) is 0 Å². The Morgan fingerprint density at radius 2 is 2.21 bits per heavy atom. The molecule has 1 aliphatic carbocycles. The molecule has 0 atom stereocenters. The zero-order valence-electron chi connectivity index (χ0n) is 11.2. The molecule has 0 bridgehead atoms. The van der Waals surface area contributed by atoms with Crippen LogP contribution in [-0.4, -0.2) is 36.5 Å². The first kappa shape index (κ1) is 14.2. The highest BCUT2D eigenvalue weighted by Crippen LogP contribution is 2.48. The van der Waals surface area contributed by atoms with Gasteiger partial charge in [-0.25, -0.2) is 9.97 Å². The first-order chi connectivity index (χ1) is 9.10. The second kappa shape index (κ2) is 5.84. The van der Waals surface area contributed by atoms with E-state index < -0.39 is 0 Å². The Balaban J connectivity index is 2.05. The van der Waals surface area contributed by atoms with Crippen molar-refractivity contribution in [3.8, 4) is 0 Å². The van der Waals surface area contributed by atoms with Crippen molar-refractivity contribution in [2.75, 3.05) is 25.6 Å². The molecule has 1 aliphatic rings. The fourth-order valence-electron chi connectivity index (χ4n) is 2.07. The Morgan fingerprint density at radius 1 is 1.47 bits per heavy atom. The fourth-order valence-corrected chi connectivity index (χ4v) is 2.32. The summed E-state index contributed by atoms with van der Waals surface area (Å²) in [6.07, 6.45) is 4.07. The molecule has 1 aromatic heterocycles. The number of aryl methyl sites for hydroxylation is 1.